The quantitative estimate of drug-likeness (QED) is 0.831. The normalized spacial score (nSPS) is 14.8. The van der Waals surface area contributed by atoms with Crippen molar-refractivity contribution < 1.29 is 9.84 Å². The molecule has 0 heterocycles. The number of hydrogen-bond acceptors (Lipinski definition) is 3. The summed E-state index contributed by atoms with van der Waals surface area (Å²) in [7, 11) is 1.69. The van der Waals surface area contributed by atoms with E-state index in [-0.39, 0.29) is 18.6 Å². The van der Waals surface area contributed by atoms with Crippen LogP contribution in [-0.4, -0.2) is 18.8 Å². The standard InChI is InChI=1S/C16H27NO2/c1-10(2)13-8-12(6-7-15(13)19-5)16(17)14(9-18)11(3)4/h6-8,10-11,14,16,18H,9,17H2,1-5H3. The number of benzene rings is 1. The molecule has 108 valence electrons. The van der Waals surface area contributed by atoms with Gasteiger partial charge in [0.15, 0.2) is 0 Å². The summed E-state index contributed by atoms with van der Waals surface area (Å²) in [6.07, 6.45) is 0. The minimum Gasteiger partial charge on any atom is -0.496 e. The van der Waals surface area contributed by atoms with Gasteiger partial charge in [0.1, 0.15) is 5.75 Å². The van der Waals surface area contributed by atoms with Crippen LogP contribution in [0.1, 0.15) is 50.8 Å². The van der Waals surface area contributed by atoms with Crippen molar-refractivity contribution in [3.8, 4) is 5.75 Å². The van der Waals surface area contributed by atoms with Crippen LogP contribution in [0.3, 0.4) is 0 Å². The molecule has 19 heavy (non-hydrogen) atoms. The predicted octanol–water partition coefficient (Wildman–Crippen LogP) is 3.08. The highest BCUT2D eigenvalue weighted by Crippen LogP contribution is 2.32. The van der Waals surface area contributed by atoms with Crippen molar-refractivity contribution in [3.63, 3.8) is 0 Å². The number of rotatable bonds is 6. The smallest absolute Gasteiger partial charge is 0.122 e. The van der Waals surface area contributed by atoms with E-state index < -0.39 is 0 Å². The molecule has 0 bridgehead atoms. The van der Waals surface area contributed by atoms with Crippen LogP contribution in [0.5, 0.6) is 5.75 Å². The van der Waals surface area contributed by atoms with E-state index in [1.807, 2.05) is 12.1 Å². The van der Waals surface area contributed by atoms with Crippen LogP contribution in [0.25, 0.3) is 0 Å². The summed E-state index contributed by atoms with van der Waals surface area (Å²) in [4.78, 5) is 0. The number of ether oxygens (including phenoxy) is 1. The lowest BCUT2D eigenvalue weighted by atomic mass is 9.84. The number of aliphatic hydroxyl groups excluding tert-OH is 1. The van der Waals surface area contributed by atoms with Gasteiger partial charge in [0.05, 0.1) is 7.11 Å². The molecule has 0 saturated carbocycles. The summed E-state index contributed by atoms with van der Waals surface area (Å²) in [5.74, 6) is 1.71. The largest absolute Gasteiger partial charge is 0.496 e. The third kappa shape index (κ3) is 3.71. The van der Waals surface area contributed by atoms with Crippen molar-refractivity contribution in [1.29, 1.82) is 0 Å². The molecular weight excluding hydrogens is 238 g/mol. The fourth-order valence-corrected chi connectivity index (χ4v) is 2.40. The number of methoxy groups -OCH3 is 1. The average Bonchev–Trinajstić information content (AvgIpc) is 2.38. The first-order valence-electron chi connectivity index (χ1n) is 6.96. The first-order chi connectivity index (χ1) is 8.92. The van der Waals surface area contributed by atoms with Crippen molar-refractivity contribution in [2.24, 2.45) is 17.6 Å². The van der Waals surface area contributed by atoms with Crippen LogP contribution < -0.4 is 10.5 Å². The molecule has 0 aliphatic rings. The van der Waals surface area contributed by atoms with Crippen LogP contribution in [0.15, 0.2) is 18.2 Å². The minimum atomic E-state index is -0.145. The summed E-state index contributed by atoms with van der Waals surface area (Å²) in [5, 5.41) is 9.50. The van der Waals surface area contributed by atoms with Gasteiger partial charge in [0.2, 0.25) is 0 Å². The lowest BCUT2D eigenvalue weighted by Crippen LogP contribution is -2.28. The fourth-order valence-electron chi connectivity index (χ4n) is 2.40. The summed E-state index contributed by atoms with van der Waals surface area (Å²) in [5.41, 5.74) is 8.54. The maximum atomic E-state index is 9.50. The van der Waals surface area contributed by atoms with E-state index in [1.54, 1.807) is 7.11 Å². The van der Waals surface area contributed by atoms with Crippen LogP contribution in [-0.2, 0) is 0 Å². The molecular formula is C16H27NO2. The second kappa shape index (κ2) is 6.92. The minimum absolute atomic E-state index is 0.0772. The first-order valence-corrected chi connectivity index (χ1v) is 6.96. The highest BCUT2D eigenvalue weighted by molar-refractivity contribution is 5.40. The highest BCUT2D eigenvalue weighted by Gasteiger charge is 2.23. The molecule has 1 aromatic carbocycles. The zero-order valence-electron chi connectivity index (χ0n) is 12.7. The van der Waals surface area contributed by atoms with E-state index in [9.17, 15) is 5.11 Å². The van der Waals surface area contributed by atoms with Gasteiger partial charge in [-0.1, -0.05) is 39.8 Å². The third-order valence-corrected chi connectivity index (χ3v) is 3.79. The third-order valence-electron chi connectivity index (χ3n) is 3.79. The van der Waals surface area contributed by atoms with Crippen LogP contribution in [0.4, 0.5) is 0 Å². The summed E-state index contributed by atoms with van der Waals surface area (Å²) in [6, 6.07) is 5.94. The van der Waals surface area contributed by atoms with Gasteiger partial charge in [-0.15, -0.1) is 0 Å². The van der Waals surface area contributed by atoms with Crippen molar-refractivity contribution in [3.05, 3.63) is 29.3 Å². The van der Waals surface area contributed by atoms with Gasteiger partial charge in [0, 0.05) is 18.6 Å². The molecule has 0 amide bonds. The zero-order valence-corrected chi connectivity index (χ0v) is 12.7. The lowest BCUT2D eigenvalue weighted by molar-refractivity contribution is 0.166. The molecule has 0 aliphatic carbocycles. The Bertz CT molecular complexity index is 402. The van der Waals surface area contributed by atoms with E-state index in [4.69, 9.17) is 10.5 Å². The molecule has 0 aliphatic heterocycles. The molecule has 3 nitrogen and oxygen atoms in total. The molecule has 2 unspecified atom stereocenters. The van der Waals surface area contributed by atoms with Gasteiger partial charge in [0.25, 0.3) is 0 Å². The maximum Gasteiger partial charge on any atom is 0.122 e. The van der Waals surface area contributed by atoms with Crippen molar-refractivity contribution in [2.75, 3.05) is 13.7 Å². The molecule has 0 spiro atoms. The Morgan fingerprint density at radius 1 is 1.21 bits per heavy atom. The van der Waals surface area contributed by atoms with E-state index in [1.165, 1.54) is 0 Å². The predicted molar refractivity (Wildman–Crippen MR) is 79.4 cm³/mol. The first kappa shape index (κ1) is 16.0. The van der Waals surface area contributed by atoms with Crippen molar-refractivity contribution >= 4 is 0 Å². The van der Waals surface area contributed by atoms with Gasteiger partial charge in [-0.25, -0.2) is 0 Å². The summed E-state index contributed by atoms with van der Waals surface area (Å²) >= 11 is 0. The number of aliphatic hydroxyl groups is 1. The Morgan fingerprint density at radius 2 is 1.84 bits per heavy atom. The second-order valence-corrected chi connectivity index (χ2v) is 5.77. The lowest BCUT2D eigenvalue weighted by Gasteiger charge is -2.26. The average molecular weight is 265 g/mol. The molecule has 0 radical (unpaired) electrons. The van der Waals surface area contributed by atoms with E-state index in [2.05, 4.69) is 33.8 Å². The Morgan fingerprint density at radius 3 is 2.26 bits per heavy atom. The Labute approximate surface area is 116 Å². The molecule has 0 saturated heterocycles. The van der Waals surface area contributed by atoms with Gasteiger partial charge in [-0.05, 0) is 29.0 Å². The number of hydrogen-bond donors (Lipinski definition) is 2. The molecule has 2 atom stereocenters. The Hall–Kier alpha value is -1.06. The van der Waals surface area contributed by atoms with Crippen molar-refractivity contribution in [1.82, 2.24) is 0 Å². The van der Waals surface area contributed by atoms with Gasteiger partial charge in [-0.2, -0.15) is 0 Å². The molecule has 1 aromatic rings. The molecule has 3 N–H and O–H groups in total. The van der Waals surface area contributed by atoms with Crippen LogP contribution >= 0.6 is 0 Å². The fraction of sp³-hybridized carbons (Fsp3) is 0.625. The second-order valence-electron chi connectivity index (χ2n) is 5.77. The Balaban J connectivity index is 3.10. The zero-order chi connectivity index (χ0) is 14.6. The highest BCUT2D eigenvalue weighted by atomic mass is 16.5. The van der Waals surface area contributed by atoms with E-state index in [0.717, 1.165) is 16.9 Å². The van der Waals surface area contributed by atoms with Crippen molar-refractivity contribution in [2.45, 2.75) is 39.7 Å². The van der Waals surface area contributed by atoms with E-state index in [0.29, 0.717) is 11.8 Å². The Kier molecular flexibility index (Phi) is 5.83. The number of nitrogens with two attached hydrogens (primary N) is 1. The van der Waals surface area contributed by atoms with Gasteiger partial charge < -0.3 is 15.6 Å². The summed E-state index contributed by atoms with van der Waals surface area (Å²) < 4.78 is 5.39. The molecule has 3 heteroatoms. The SMILES string of the molecule is COc1ccc(C(N)C(CO)C(C)C)cc1C(C)C. The molecule has 1 rings (SSSR count). The molecule has 0 fully saturated rings. The van der Waals surface area contributed by atoms with Gasteiger partial charge >= 0.3 is 0 Å². The monoisotopic (exact) mass is 265 g/mol. The van der Waals surface area contributed by atoms with Crippen LogP contribution in [0.2, 0.25) is 0 Å². The maximum absolute atomic E-state index is 9.50. The van der Waals surface area contributed by atoms with Gasteiger partial charge in [-0.3, -0.25) is 0 Å². The molecule has 0 aromatic heterocycles. The van der Waals surface area contributed by atoms with Crippen LogP contribution in [0, 0.1) is 11.8 Å². The topological polar surface area (TPSA) is 55.5 Å². The van der Waals surface area contributed by atoms with E-state index >= 15 is 0 Å². The summed E-state index contributed by atoms with van der Waals surface area (Å²) in [6.45, 7) is 8.57.